The Morgan fingerprint density at radius 2 is 2.33 bits per heavy atom. The van der Waals surface area contributed by atoms with Crippen molar-refractivity contribution in [2.75, 3.05) is 13.1 Å². The first-order valence-corrected chi connectivity index (χ1v) is 10.0. The van der Waals surface area contributed by atoms with E-state index in [1.54, 1.807) is 17.6 Å². The van der Waals surface area contributed by atoms with Gasteiger partial charge in [0.15, 0.2) is 5.82 Å². The Labute approximate surface area is 161 Å². The largest absolute Gasteiger partial charge is 0.468 e. The van der Waals surface area contributed by atoms with Gasteiger partial charge in [-0.05, 0) is 43.0 Å². The maximum absolute atomic E-state index is 12.5. The third kappa shape index (κ3) is 4.84. The third-order valence-corrected chi connectivity index (χ3v) is 5.55. The topological polar surface area (TPSA) is 84.4 Å². The molecule has 1 unspecified atom stereocenters. The molecule has 0 aliphatic carbocycles. The fraction of sp³-hybridized carbons (Fsp3) is 0.421. The highest BCUT2D eigenvalue weighted by molar-refractivity contribution is 7.09. The molecule has 142 valence electrons. The lowest BCUT2D eigenvalue weighted by atomic mass is 9.97. The van der Waals surface area contributed by atoms with E-state index in [2.05, 4.69) is 20.4 Å². The van der Waals surface area contributed by atoms with E-state index in [0.717, 1.165) is 38.2 Å². The zero-order valence-electron chi connectivity index (χ0n) is 15.0. The van der Waals surface area contributed by atoms with Crippen LogP contribution in [0.25, 0.3) is 0 Å². The highest BCUT2D eigenvalue weighted by Gasteiger charge is 2.26. The summed E-state index contributed by atoms with van der Waals surface area (Å²) in [6, 6.07) is 7.89. The lowest BCUT2D eigenvalue weighted by Gasteiger charge is -2.31. The molecular weight excluding hydrogens is 364 g/mol. The van der Waals surface area contributed by atoms with Crippen LogP contribution in [0.1, 0.15) is 35.2 Å². The molecule has 1 aliphatic heterocycles. The predicted octanol–water partition coefficient (Wildman–Crippen LogP) is 2.84. The van der Waals surface area contributed by atoms with Crippen LogP contribution < -0.4 is 5.32 Å². The zero-order chi connectivity index (χ0) is 18.5. The summed E-state index contributed by atoms with van der Waals surface area (Å²) < 4.78 is 10.7. The summed E-state index contributed by atoms with van der Waals surface area (Å²) in [4.78, 5) is 20.3. The maximum Gasteiger partial charge on any atom is 0.231 e. The molecule has 3 aromatic rings. The molecule has 1 atom stereocenters. The smallest absolute Gasteiger partial charge is 0.231 e. The highest BCUT2D eigenvalue weighted by Crippen LogP contribution is 2.19. The first-order chi connectivity index (χ1) is 13.3. The second-order valence-electron chi connectivity index (χ2n) is 6.73. The number of carbonyl (C=O) groups is 1. The second kappa shape index (κ2) is 8.49. The number of amides is 1. The zero-order valence-corrected chi connectivity index (χ0v) is 15.8. The average molecular weight is 386 g/mol. The Kier molecular flexibility index (Phi) is 5.64. The molecule has 0 aromatic carbocycles. The first-order valence-electron chi connectivity index (χ1n) is 9.12. The van der Waals surface area contributed by atoms with Gasteiger partial charge in [-0.2, -0.15) is 4.98 Å². The van der Waals surface area contributed by atoms with Gasteiger partial charge < -0.3 is 14.3 Å². The Morgan fingerprint density at radius 1 is 1.37 bits per heavy atom. The summed E-state index contributed by atoms with van der Waals surface area (Å²) in [5, 5.41) is 8.93. The quantitative estimate of drug-likeness (QED) is 0.672. The number of nitrogens with one attached hydrogen (secondary N) is 1. The number of furan rings is 1. The number of thiophene rings is 1. The van der Waals surface area contributed by atoms with Crippen LogP contribution in [0, 0.1) is 5.92 Å². The molecule has 27 heavy (non-hydrogen) atoms. The number of likely N-dealkylation sites (tertiary alicyclic amines) is 1. The van der Waals surface area contributed by atoms with Crippen molar-refractivity contribution in [1.82, 2.24) is 20.4 Å². The van der Waals surface area contributed by atoms with Gasteiger partial charge in [0, 0.05) is 11.4 Å². The minimum absolute atomic E-state index is 0.0220. The molecule has 1 saturated heterocycles. The van der Waals surface area contributed by atoms with Crippen LogP contribution in [-0.4, -0.2) is 34.0 Å². The van der Waals surface area contributed by atoms with Gasteiger partial charge in [-0.25, -0.2) is 0 Å². The van der Waals surface area contributed by atoms with Crippen LogP contribution in [-0.2, 0) is 24.3 Å². The SMILES string of the molecule is O=C(NCc1noc(Cc2cccs2)n1)C1CCCN(Cc2ccco2)C1. The fourth-order valence-electron chi connectivity index (χ4n) is 3.34. The standard InChI is InChI=1S/C19H22N4O3S/c24-19(14-4-1-7-23(12-14)13-15-5-2-8-25-15)20-11-17-21-18(26-22-17)10-16-6-3-9-27-16/h2-3,5-6,8-9,14H,1,4,7,10-13H2,(H,20,24). The number of nitrogens with zero attached hydrogens (tertiary/aromatic N) is 3. The van der Waals surface area contributed by atoms with E-state index >= 15 is 0 Å². The summed E-state index contributed by atoms with van der Waals surface area (Å²) in [7, 11) is 0. The van der Waals surface area contributed by atoms with Gasteiger partial charge in [0.05, 0.1) is 31.7 Å². The van der Waals surface area contributed by atoms with Gasteiger partial charge in [-0.1, -0.05) is 11.2 Å². The van der Waals surface area contributed by atoms with Crippen LogP contribution >= 0.6 is 11.3 Å². The molecule has 0 radical (unpaired) electrons. The van der Waals surface area contributed by atoms with Gasteiger partial charge in [0.1, 0.15) is 5.76 Å². The minimum Gasteiger partial charge on any atom is -0.468 e. The summed E-state index contributed by atoms with van der Waals surface area (Å²) in [6.07, 6.45) is 4.21. The lowest BCUT2D eigenvalue weighted by molar-refractivity contribution is -0.127. The summed E-state index contributed by atoms with van der Waals surface area (Å²) in [5.41, 5.74) is 0. The molecule has 4 rings (SSSR count). The van der Waals surface area contributed by atoms with Crippen LogP contribution in [0.3, 0.4) is 0 Å². The van der Waals surface area contributed by atoms with Crippen LogP contribution in [0.15, 0.2) is 44.8 Å². The second-order valence-corrected chi connectivity index (χ2v) is 7.76. The monoisotopic (exact) mass is 386 g/mol. The Bertz CT molecular complexity index is 844. The van der Waals surface area contributed by atoms with E-state index in [-0.39, 0.29) is 11.8 Å². The van der Waals surface area contributed by atoms with Gasteiger partial charge in [-0.15, -0.1) is 11.3 Å². The van der Waals surface area contributed by atoms with Crippen molar-refractivity contribution >= 4 is 17.2 Å². The maximum atomic E-state index is 12.5. The molecule has 4 heterocycles. The molecule has 0 bridgehead atoms. The number of piperidine rings is 1. The van der Waals surface area contributed by atoms with Crippen molar-refractivity contribution in [3.63, 3.8) is 0 Å². The van der Waals surface area contributed by atoms with Crippen molar-refractivity contribution in [1.29, 1.82) is 0 Å². The number of carbonyl (C=O) groups excluding carboxylic acids is 1. The molecular formula is C19H22N4O3S. The Balaban J connectivity index is 1.25. The Hall–Kier alpha value is -2.45. The predicted molar refractivity (Wildman–Crippen MR) is 100.0 cm³/mol. The van der Waals surface area contributed by atoms with Gasteiger partial charge in [0.25, 0.3) is 0 Å². The average Bonchev–Trinajstić information content (AvgIpc) is 3.44. The summed E-state index contributed by atoms with van der Waals surface area (Å²) in [5.74, 6) is 2.04. The molecule has 1 amide bonds. The number of aromatic nitrogens is 2. The summed E-state index contributed by atoms with van der Waals surface area (Å²) in [6.45, 7) is 2.76. The number of hydrogen-bond acceptors (Lipinski definition) is 7. The first kappa shape index (κ1) is 17.9. The van der Waals surface area contributed by atoms with Gasteiger partial charge >= 0.3 is 0 Å². The Morgan fingerprint density at radius 3 is 3.15 bits per heavy atom. The number of hydrogen-bond donors (Lipinski definition) is 1. The van der Waals surface area contributed by atoms with E-state index in [4.69, 9.17) is 8.94 Å². The van der Waals surface area contributed by atoms with Crippen molar-refractivity contribution in [3.05, 3.63) is 58.3 Å². The van der Waals surface area contributed by atoms with Crippen molar-refractivity contribution < 1.29 is 13.7 Å². The molecule has 1 fully saturated rings. The lowest BCUT2D eigenvalue weighted by Crippen LogP contribution is -2.42. The minimum atomic E-state index is -0.0220. The van der Waals surface area contributed by atoms with Crippen LogP contribution in [0.4, 0.5) is 0 Å². The molecule has 7 nitrogen and oxygen atoms in total. The van der Waals surface area contributed by atoms with Crippen LogP contribution in [0.2, 0.25) is 0 Å². The van der Waals surface area contributed by atoms with Crippen molar-refractivity contribution in [3.8, 4) is 0 Å². The van der Waals surface area contributed by atoms with E-state index in [9.17, 15) is 4.79 Å². The van der Waals surface area contributed by atoms with E-state index in [1.165, 1.54) is 4.88 Å². The van der Waals surface area contributed by atoms with E-state index in [0.29, 0.717) is 24.7 Å². The third-order valence-electron chi connectivity index (χ3n) is 4.67. The molecule has 8 heteroatoms. The molecule has 1 aliphatic rings. The molecule has 1 N–H and O–H groups in total. The van der Waals surface area contributed by atoms with E-state index < -0.39 is 0 Å². The molecule has 0 saturated carbocycles. The highest BCUT2D eigenvalue weighted by atomic mass is 32.1. The van der Waals surface area contributed by atoms with Gasteiger partial charge in [0.2, 0.25) is 11.8 Å². The van der Waals surface area contributed by atoms with Crippen molar-refractivity contribution in [2.24, 2.45) is 5.92 Å². The van der Waals surface area contributed by atoms with Crippen molar-refractivity contribution in [2.45, 2.75) is 32.4 Å². The summed E-state index contributed by atoms with van der Waals surface area (Å²) >= 11 is 1.66. The van der Waals surface area contributed by atoms with Gasteiger partial charge in [-0.3, -0.25) is 9.69 Å². The molecule has 0 spiro atoms. The van der Waals surface area contributed by atoms with E-state index in [1.807, 2.05) is 29.6 Å². The normalized spacial score (nSPS) is 17.9. The number of rotatable bonds is 7. The fourth-order valence-corrected chi connectivity index (χ4v) is 4.04. The molecule has 3 aromatic heterocycles. The van der Waals surface area contributed by atoms with Crippen LogP contribution in [0.5, 0.6) is 0 Å².